The SMILES string of the molecule is CC1(F)CC=C(CC2(C)CC(NC(=O)c3ccc(OCCN4CCCC4)cc3)C/C(=C\c3ccc(F)c(F)c3)C2=O)C=C1F. The first-order valence-electron chi connectivity index (χ1n) is 15.1. The number of carbonyl (C=O) groups excluding carboxylic acids is 2. The number of benzene rings is 2. The second-order valence-corrected chi connectivity index (χ2v) is 12.6. The Bertz CT molecular complexity index is 1490. The van der Waals surface area contributed by atoms with Gasteiger partial charge in [0, 0.05) is 30.0 Å². The maximum atomic E-state index is 14.4. The van der Waals surface area contributed by atoms with Gasteiger partial charge in [-0.15, -0.1) is 0 Å². The number of Topliss-reactive ketones (excluding diaryl/α,β-unsaturated/α-hetero) is 1. The summed E-state index contributed by atoms with van der Waals surface area (Å²) < 4.78 is 62.2. The van der Waals surface area contributed by atoms with Crippen molar-refractivity contribution in [1.82, 2.24) is 10.2 Å². The van der Waals surface area contributed by atoms with E-state index in [1.165, 1.54) is 31.9 Å². The highest BCUT2D eigenvalue weighted by Gasteiger charge is 2.44. The van der Waals surface area contributed by atoms with E-state index in [-0.39, 0.29) is 37.4 Å². The zero-order chi connectivity index (χ0) is 31.5. The maximum Gasteiger partial charge on any atom is 0.251 e. The second kappa shape index (κ2) is 13.1. The zero-order valence-electron chi connectivity index (χ0n) is 25.1. The highest BCUT2D eigenvalue weighted by molar-refractivity contribution is 6.04. The number of alkyl halides is 1. The minimum absolute atomic E-state index is 0.125. The number of allylic oxidation sites excluding steroid dienone is 4. The van der Waals surface area contributed by atoms with Gasteiger partial charge in [-0.25, -0.2) is 17.6 Å². The molecule has 0 spiro atoms. The highest BCUT2D eigenvalue weighted by atomic mass is 19.2. The van der Waals surface area contributed by atoms with Gasteiger partial charge < -0.3 is 10.1 Å². The molecule has 1 amide bonds. The molecule has 3 aliphatic rings. The Morgan fingerprint density at radius 1 is 1.07 bits per heavy atom. The van der Waals surface area contributed by atoms with Crippen LogP contribution in [-0.4, -0.2) is 54.5 Å². The van der Waals surface area contributed by atoms with E-state index < -0.39 is 34.6 Å². The van der Waals surface area contributed by atoms with E-state index in [9.17, 15) is 27.2 Å². The van der Waals surface area contributed by atoms with Crippen molar-refractivity contribution in [3.8, 4) is 5.75 Å². The Morgan fingerprint density at radius 3 is 2.48 bits per heavy atom. The van der Waals surface area contributed by atoms with Crippen LogP contribution in [0.15, 0.2) is 71.6 Å². The van der Waals surface area contributed by atoms with Gasteiger partial charge in [-0.3, -0.25) is 14.5 Å². The highest BCUT2D eigenvalue weighted by Crippen LogP contribution is 2.44. The molecule has 1 heterocycles. The lowest BCUT2D eigenvalue weighted by Crippen LogP contribution is -2.47. The van der Waals surface area contributed by atoms with Crippen molar-refractivity contribution < 1.29 is 31.9 Å². The summed E-state index contributed by atoms with van der Waals surface area (Å²) in [5.41, 5.74) is -1.62. The Kier molecular flexibility index (Phi) is 9.44. The van der Waals surface area contributed by atoms with Crippen LogP contribution < -0.4 is 10.1 Å². The predicted molar refractivity (Wildman–Crippen MR) is 162 cm³/mol. The summed E-state index contributed by atoms with van der Waals surface area (Å²) in [6.07, 6.45) is 7.06. The number of ether oxygens (including phenoxy) is 1. The molecule has 0 aromatic heterocycles. The molecule has 2 aliphatic carbocycles. The lowest BCUT2D eigenvalue weighted by Gasteiger charge is -2.39. The van der Waals surface area contributed by atoms with E-state index >= 15 is 0 Å². The first-order chi connectivity index (χ1) is 20.9. The molecule has 44 heavy (non-hydrogen) atoms. The third kappa shape index (κ3) is 7.49. The van der Waals surface area contributed by atoms with Crippen molar-refractivity contribution in [2.45, 2.75) is 64.1 Å². The van der Waals surface area contributed by atoms with Crippen LogP contribution in [0.1, 0.15) is 68.3 Å². The van der Waals surface area contributed by atoms with E-state index in [1.807, 2.05) is 0 Å². The van der Waals surface area contributed by atoms with Gasteiger partial charge >= 0.3 is 0 Å². The normalized spacial score (nSPS) is 26.8. The van der Waals surface area contributed by atoms with Crippen LogP contribution in [0.3, 0.4) is 0 Å². The number of likely N-dealkylation sites (tertiary alicyclic amines) is 1. The van der Waals surface area contributed by atoms with Crippen molar-refractivity contribution in [3.05, 3.63) is 94.4 Å². The predicted octanol–water partition coefficient (Wildman–Crippen LogP) is 7.29. The zero-order valence-corrected chi connectivity index (χ0v) is 25.1. The van der Waals surface area contributed by atoms with Crippen molar-refractivity contribution in [2.75, 3.05) is 26.2 Å². The number of nitrogens with one attached hydrogen (secondary N) is 1. The van der Waals surface area contributed by atoms with Crippen LogP contribution in [0.4, 0.5) is 17.6 Å². The maximum absolute atomic E-state index is 14.4. The Labute approximate surface area is 255 Å². The molecule has 1 aliphatic heterocycles. The van der Waals surface area contributed by atoms with Crippen LogP contribution in [0.5, 0.6) is 5.75 Å². The summed E-state index contributed by atoms with van der Waals surface area (Å²) >= 11 is 0. The first kappa shape index (κ1) is 31.7. The molecule has 1 saturated heterocycles. The van der Waals surface area contributed by atoms with Crippen LogP contribution in [-0.2, 0) is 4.79 Å². The summed E-state index contributed by atoms with van der Waals surface area (Å²) in [6.45, 7) is 6.50. The van der Waals surface area contributed by atoms with E-state index in [2.05, 4.69) is 10.2 Å². The van der Waals surface area contributed by atoms with Crippen molar-refractivity contribution in [2.24, 2.45) is 5.41 Å². The molecule has 234 valence electrons. The van der Waals surface area contributed by atoms with Crippen molar-refractivity contribution in [3.63, 3.8) is 0 Å². The van der Waals surface area contributed by atoms with Crippen LogP contribution in [0, 0.1) is 17.0 Å². The van der Waals surface area contributed by atoms with Crippen LogP contribution in [0.2, 0.25) is 0 Å². The fourth-order valence-corrected chi connectivity index (χ4v) is 6.27. The van der Waals surface area contributed by atoms with Crippen LogP contribution >= 0.6 is 0 Å². The van der Waals surface area contributed by atoms with Gasteiger partial charge in [0.15, 0.2) is 23.1 Å². The molecular formula is C35H38F4N2O3. The number of hydrogen-bond donors (Lipinski definition) is 1. The smallest absolute Gasteiger partial charge is 0.251 e. The number of carbonyl (C=O) groups is 2. The third-order valence-corrected chi connectivity index (χ3v) is 8.77. The Hall–Kier alpha value is -3.72. The Morgan fingerprint density at radius 2 is 1.80 bits per heavy atom. The molecule has 2 aromatic rings. The lowest BCUT2D eigenvalue weighted by atomic mass is 9.66. The van der Waals surface area contributed by atoms with E-state index in [4.69, 9.17) is 4.74 Å². The molecule has 5 rings (SSSR count). The number of ketones is 1. The second-order valence-electron chi connectivity index (χ2n) is 12.6. The Balaban J connectivity index is 1.32. The molecule has 1 saturated carbocycles. The molecule has 0 radical (unpaired) electrons. The largest absolute Gasteiger partial charge is 0.492 e. The van der Waals surface area contributed by atoms with E-state index in [1.54, 1.807) is 37.3 Å². The van der Waals surface area contributed by atoms with Gasteiger partial charge in [0.1, 0.15) is 18.2 Å². The topological polar surface area (TPSA) is 58.6 Å². The molecule has 1 N–H and O–H groups in total. The quantitative estimate of drug-likeness (QED) is 0.239. The molecule has 9 heteroatoms. The van der Waals surface area contributed by atoms with Gasteiger partial charge in [0.05, 0.1) is 0 Å². The summed E-state index contributed by atoms with van der Waals surface area (Å²) in [7, 11) is 0. The van der Waals surface area contributed by atoms with E-state index in [0.29, 0.717) is 34.6 Å². The van der Waals surface area contributed by atoms with Crippen molar-refractivity contribution >= 4 is 17.8 Å². The van der Waals surface area contributed by atoms with Gasteiger partial charge in [0.2, 0.25) is 0 Å². The number of amides is 1. The summed E-state index contributed by atoms with van der Waals surface area (Å²) in [5, 5.41) is 3.02. The summed E-state index contributed by atoms with van der Waals surface area (Å²) in [4.78, 5) is 29.5. The van der Waals surface area contributed by atoms with Gasteiger partial charge in [-0.1, -0.05) is 19.1 Å². The fourth-order valence-electron chi connectivity index (χ4n) is 6.27. The molecule has 0 bridgehead atoms. The van der Waals surface area contributed by atoms with Gasteiger partial charge in [0.25, 0.3) is 5.91 Å². The minimum Gasteiger partial charge on any atom is -0.492 e. The summed E-state index contributed by atoms with van der Waals surface area (Å²) in [5.74, 6) is -2.85. The van der Waals surface area contributed by atoms with E-state index in [0.717, 1.165) is 37.8 Å². The number of rotatable bonds is 9. The monoisotopic (exact) mass is 610 g/mol. The molecule has 2 fully saturated rings. The molecule has 3 unspecified atom stereocenters. The number of hydrogen-bond acceptors (Lipinski definition) is 4. The molecule has 3 atom stereocenters. The average Bonchev–Trinajstić information content (AvgIpc) is 3.50. The average molecular weight is 611 g/mol. The molecular weight excluding hydrogens is 572 g/mol. The van der Waals surface area contributed by atoms with Crippen LogP contribution in [0.25, 0.3) is 6.08 Å². The third-order valence-electron chi connectivity index (χ3n) is 8.77. The molecule has 2 aromatic carbocycles. The van der Waals surface area contributed by atoms with Crippen molar-refractivity contribution in [1.29, 1.82) is 0 Å². The fraction of sp³-hybridized carbons (Fsp3) is 0.429. The summed E-state index contributed by atoms with van der Waals surface area (Å²) in [6, 6.07) is 9.74. The standard InChI is InChI=1S/C35H38F4N2O3/c1-34(21-24-11-12-35(2,39)31(38)19-24)22-27(20-26(32(34)42)17-23-5-10-29(36)30(37)18-23)40-33(43)25-6-8-28(9-7-25)44-16-15-41-13-3-4-14-41/h5-11,17-19,27H,3-4,12-16,20-22H2,1-2H3,(H,40,43)/b26-17+. The number of nitrogens with zero attached hydrogens (tertiary/aromatic N) is 1. The molecule has 5 nitrogen and oxygen atoms in total. The first-order valence-corrected chi connectivity index (χ1v) is 15.1. The van der Waals surface area contributed by atoms with Gasteiger partial charge in [-0.05, 0) is 117 Å². The lowest BCUT2D eigenvalue weighted by molar-refractivity contribution is -0.126. The van der Waals surface area contributed by atoms with Gasteiger partial charge in [-0.2, -0.15) is 0 Å². The number of halogens is 4. The minimum atomic E-state index is -2.09.